The number of cyclic esters (lactones) is 1. The molecule has 15 heavy (non-hydrogen) atoms. The van der Waals surface area contributed by atoms with E-state index in [0.717, 1.165) is 5.57 Å². The lowest BCUT2D eigenvalue weighted by atomic mass is 10.1. The van der Waals surface area contributed by atoms with Crippen LogP contribution in [0.25, 0.3) is 0 Å². The van der Waals surface area contributed by atoms with Gasteiger partial charge in [0.25, 0.3) is 0 Å². The van der Waals surface area contributed by atoms with Crippen molar-refractivity contribution in [3.05, 3.63) is 11.6 Å². The third-order valence-electron chi connectivity index (χ3n) is 3.60. The van der Waals surface area contributed by atoms with E-state index in [1.165, 1.54) is 0 Å². The zero-order chi connectivity index (χ0) is 11.2. The Morgan fingerprint density at radius 3 is 2.60 bits per heavy atom. The molecule has 1 saturated carbocycles. The lowest BCUT2D eigenvalue weighted by Gasteiger charge is -1.97. The Hall–Kier alpha value is -1.12. The predicted molar refractivity (Wildman–Crippen MR) is 55.1 cm³/mol. The molecule has 2 fully saturated rings. The van der Waals surface area contributed by atoms with Crippen LogP contribution in [0.3, 0.4) is 0 Å². The van der Waals surface area contributed by atoms with E-state index in [1.807, 2.05) is 6.08 Å². The van der Waals surface area contributed by atoms with E-state index in [4.69, 9.17) is 4.74 Å². The lowest BCUT2D eigenvalue weighted by Crippen LogP contribution is -1.99. The first-order valence-corrected chi connectivity index (χ1v) is 5.33. The average Bonchev–Trinajstić information content (AvgIpc) is 2.47. The van der Waals surface area contributed by atoms with E-state index < -0.39 is 0 Å². The van der Waals surface area contributed by atoms with E-state index in [1.54, 1.807) is 6.92 Å². The molecule has 0 spiro atoms. The van der Waals surface area contributed by atoms with Gasteiger partial charge in [-0.3, -0.25) is 4.79 Å². The summed E-state index contributed by atoms with van der Waals surface area (Å²) in [4.78, 5) is 22.6. The highest BCUT2D eigenvalue weighted by Crippen LogP contribution is 2.59. The second-order valence-electron chi connectivity index (χ2n) is 5.01. The SMILES string of the molecule is CC(=O)C1C(C=C2CCOC2=O)C1(C)C. The number of hydrogen-bond donors (Lipinski definition) is 0. The molecule has 3 heteroatoms. The van der Waals surface area contributed by atoms with Crippen molar-refractivity contribution >= 4 is 11.8 Å². The molecule has 0 aromatic rings. The van der Waals surface area contributed by atoms with Gasteiger partial charge in [-0.25, -0.2) is 4.79 Å². The van der Waals surface area contributed by atoms with Crippen LogP contribution < -0.4 is 0 Å². The summed E-state index contributed by atoms with van der Waals surface area (Å²) in [6, 6.07) is 0. The first-order valence-electron chi connectivity index (χ1n) is 5.33. The van der Waals surface area contributed by atoms with Gasteiger partial charge in [-0.2, -0.15) is 0 Å². The van der Waals surface area contributed by atoms with Gasteiger partial charge in [0, 0.05) is 17.9 Å². The molecule has 0 aromatic heterocycles. The fraction of sp³-hybridized carbons (Fsp3) is 0.667. The second kappa shape index (κ2) is 3.19. The van der Waals surface area contributed by atoms with Crippen LogP contribution in [0, 0.1) is 17.3 Å². The maximum absolute atomic E-state index is 11.3. The molecule has 1 aliphatic heterocycles. The quantitative estimate of drug-likeness (QED) is 0.512. The predicted octanol–water partition coefficient (Wildman–Crippen LogP) is 1.72. The molecule has 82 valence electrons. The molecule has 2 unspecified atom stereocenters. The zero-order valence-electron chi connectivity index (χ0n) is 9.37. The van der Waals surface area contributed by atoms with Gasteiger partial charge >= 0.3 is 5.97 Å². The summed E-state index contributed by atoms with van der Waals surface area (Å²) >= 11 is 0. The highest BCUT2D eigenvalue weighted by atomic mass is 16.5. The number of carbonyl (C=O) groups is 2. The summed E-state index contributed by atoms with van der Waals surface area (Å²) in [5.74, 6) is 0.308. The first kappa shape index (κ1) is 10.4. The molecule has 0 N–H and O–H groups in total. The highest BCUT2D eigenvalue weighted by molar-refractivity contribution is 5.91. The fourth-order valence-corrected chi connectivity index (χ4v) is 2.58. The Kier molecular flexibility index (Phi) is 2.21. The van der Waals surface area contributed by atoms with Crippen molar-refractivity contribution in [2.24, 2.45) is 17.3 Å². The van der Waals surface area contributed by atoms with E-state index >= 15 is 0 Å². The van der Waals surface area contributed by atoms with Gasteiger partial charge in [0.2, 0.25) is 0 Å². The molecule has 0 bridgehead atoms. The third kappa shape index (κ3) is 1.60. The number of rotatable bonds is 2. The standard InChI is InChI=1S/C12H16O3/c1-7(13)10-9(12(10,2)3)6-8-4-5-15-11(8)14/h6,9-10H,4-5H2,1-3H3. The normalized spacial score (nSPS) is 35.4. The van der Waals surface area contributed by atoms with E-state index in [9.17, 15) is 9.59 Å². The second-order valence-corrected chi connectivity index (χ2v) is 5.01. The van der Waals surface area contributed by atoms with Crippen molar-refractivity contribution in [2.75, 3.05) is 6.61 Å². The molecule has 2 aliphatic rings. The number of hydrogen-bond acceptors (Lipinski definition) is 3. The molecule has 0 amide bonds. The average molecular weight is 208 g/mol. The summed E-state index contributed by atoms with van der Waals surface area (Å²) < 4.78 is 4.87. The van der Waals surface area contributed by atoms with Crippen LogP contribution in [0.4, 0.5) is 0 Å². The maximum Gasteiger partial charge on any atom is 0.333 e. The molecule has 0 radical (unpaired) electrons. The topological polar surface area (TPSA) is 43.4 Å². The molecule has 2 atom stereocenters. The molecule has 1 saturated heterocycles. The smallest absolute Gasteiger partial charge is 0.333 e. The first-order chi connectivity index (χ1) is 6.94. The van der Waals surface area contributed by atoms with E-state index in [2.05, 4.69) is 13.8 Å². The number of esters is 1. The number of ketones is 1. The number of Topliss-reactive ketones (excluding diaryl/α,β-unsaturated/α-hetero) is 1. The molecule has 1 aliphatic carbocycles. The van der Waals surface area contributed by atoms with Crippen LogP contribution in [0.1, 0.15) is 27.2 Å². The van der Waals surface area contributed by atoms with Gasteiger partial charge < -0.3 is 4.74 Å². The van der Waals surface area contributed by atoms with Crippen LogP contribution in [0.15, 0.2) is 11.6 Å². The van der Waals surface area contributed by atoms with Gasteiger partial charge in [0.15, 0.2) is 0 Å². The minimum absolute atomic E-state index is 0.0156. The van der Waals surface area contributed by atoms with Gasteiger partial charge in [0.1, 0.15) is 5.78 Å². The molecular formula is C12H16O3. The zero-order valence-corrected chi connectivity index (χ0v) is 9.37. The molecule has 1 heterocycles. The summed E-state index contributed by atoms with van der Waals surface area (Å²) in [5.41, 5.74) is 0.763. The Balaban J connectivity index is 2.15. The minimum Gasteiger partial charge on any atom is -0.462 e. The molecule has 0 aromatic carbocycles. The van der Waals surface area contributed by atoms with E-state index in [-0.39, 0.29) is 29.0 Å². The Labute approximate surface area is 89.5 Å². The third-order valence-corrected chi connectivity index (χ3v) is 3.60. The van der Waals surface area contributed by atoms with Crippen molar-refractivity contribution in [1.82, 2.24) is 0 Å². The van der Waals surface area contributed by atoms with Crippen molar-refractivity contribution in [2.45, 2.75) is 27.2 Å². The van der Waals surface area contributed by atoms with Crippen molar-refractivity contribution in [3.63, 3.8) is 0 Å². The van der Waals surface area contributed by atoms with Crippen LogP contribution in [0.2, 0.25) is 0 Å². The monoisotopic (exact) mass is 208 g/mol. The van der Waals surface area contributed by atoms with Crippen molar-refractivity contribution in [1.29, 1.82) is 0 Å². The minimum atomic E-state index is -0.208. The summed E-state index contributed by atoms with van der Waals surface area (Å²) in [6.45, 7) is 6.25. The summed E-state index contributed by atoms with van der Waals surface area (Å²) in [7, 11) is 0. The number of ether oxygens (including phenoxy) is 1. The van der Waals surface area contributed by atoms with Crippen molar-refractivity contribution in [3.8, 4) is 0 Å². The van der Waals surface area contributed by atoms with Crippen LogP contribution in [-0.2, 0) is 14.3 Å². The van der Waals surface area contributed by atoms with Gasteiger partial charge in [-0.15, -0.1) is 0 Å². The maximum atomic E-state index is 11.3. The highest BCUT2D eigenvalue weighted by Gasteiger charge is 2.59. The van der Waals surface area contributed by atoms with E-state index in [0.29, 0.717) is 13.0 Å². The van der Waals surface area contributed by atoms with Gasteiger partial charge in [-0.1, -0.05) is 19.9 Å². The van der Waals surface area contributed by atoms with Gasteiger partial charge in [-0.05, 0) is 18.3 Å². The van der Waals surface area contributed by atoms with Crippen molar-refractivity contribution < 1.29 is 14.3 Å². The summed E-state index contributed by atoms with van der Waals surface area (Å²) in [5, 5.41) is 0. The molecular weight excluding hydrogens is 192 g/mol. The van der Waals surface area contributed by atoms with Crippen LogP contribution in [0.5, 0.6) is 0 Å². The Morgan fingerprint density at radius 1 is 1.53 bits per heavy atom. The number of carbonyl (C=O) groups excluding carboxylic acids is 2. The van der Waals surface area contributed by atoms with Crippen LogP contribution >= 0.6 is 0 Å². The lowest BCUT2D eigenvalue weighted by molar-refractivity contribution is -0.135. The fourth-order valence-electron chi connectivity index (χ4n) is 2.58. The van der Waals surface area contributed by atoms with Gasteiger partial charge in [0.05, 0.1) is 6.61 Å². The summed E-state index contributed by atoms with van der Waals surface area (Å²) in [6.07, 6.45) is 2.64. The molecule has 3 nitrogen and oxygen atoms in total. The Morgan fingerprint density at radius 2 is 2.20 bits per heavy atom. The largest absolute Gasteiger partial charge is 0.462 e. The molecule has 2 rings (SSSR count). The Bertz CT molecular complexity index is 352. The van der Waals surface area contributed by atoms with Crippen LogP contribution in [-0.4, -0.2) is 18.4 Å². The number of allylic oxidation sites excluding steroid dienone is 1.